The number of nitrogens with one attached hydrogen (secondary N) is 1. The van der Waals surface area contributed by atoms with Crippen molar-refractivity contribution in [1.29, 1.82) is 0 Å². The number of benzene rings is 6. The minimum Gasteiger partial charge on any atom is -0.456 e. The molecular weight excluding hydrogens is 502 g/mol. The van der Waals surface area contributed by atoms with Crippen LogP contribution in [0, 0.1) is 0 Å². The number of amidine groups is 2. The van der Waals surface area contributed by atoms with Crippen LogP contribution in [0.5, 0.6) is 0 Å². The van der Waals surface area contributed by atoms with Crippen molar-refractivity contribution in [2.24, 2.45) is 9.98 Å². The first-order chi connectivity index (χ1) is 20.3. The summed E-state index contributed by atoms with van der Waals surface area (Å²) in [6, 6.07) is 48.1. The molecule has 194 valence electrons. The molecule has 4 nitrogen and oxygen atoms in total. The van der Waals surface area contributed by atoms with Crippen LogP contribution in [0.25, 0.3) is 43.8 Å². The highest BCUT2D eigenvalue weighted by Crippen LogP contribution is 2.36. The maximum Gasteiger partial charge on any atom is 0.169 e. The van der Waals surface area contributed by atoms with Gasteiger partial charge in [-0.3, -0.25) is 0 Å². The standard InChI is InChI=1S/C37H25N3O/c1-3-11-25(12-4-1)35-38-36(26-13-5-2-6-14-26)40-37(39-35)30-16-9-17-33-34(30)31-23-29(20-21-32(31)41-33)28-19-18-24-10-7-8-15-27(24)22-28/h1-23,35H,(H,38,39,40). The molecule has 1 N–H and O–H groups in total. The molecule has 1 aromatic heterocycles. The fourth-order valence-corrected chi connectivity index (χ4v) is 5.68. The van der Waals surface area contributed by atoms with Crippen molar-refractivity contribution in [3.05, 3.63) is 156 Å². The van der Waals surface area contributed by atoms with E-state index in [-0.39, 0.29) is 6.17 Å². The fourth-order valence-electron chi connectivity index (χ4n) is 5.68. The van der Waals surface area contributed by atoms with Gasteiger partial charge in [-0.25, -0.2) is 9.98 Å². The second-order valence-electron chi connectivity index (χ2n) is 10.3. The van der Waals surface area contributed by atoms with E-state index in [2.05, 4.69) is 96.3 Å². The van der Waals surface area contributed by atoms with Gasteiger partial charge in [0.15, 0.2) is 6.17 Å². The molecule has 41 heavy (non-hydrogen) atoms. The quantitative estimate of drug-likeness (QED) is 0.248. The van der Waals surface area contributed by atoms with Crippen molar-refractivity contribution in [3.8, 4) is 11.1 Å². The molecule has 4 heteroatoms. The second kappa shape index (κ2) is 9.61. The van der Waals surface area contributed by atoms with Crippen molar-refractivity contribution in [3.63, 3.8) is 0 Å². The minimum absolute atomic E-state index is 0.357. The van der Waals surface area contributed by atoms with Gasteiger partial charge >= 0.3 is 0 Å². The predicted molar refractivity (Wildman–Crippen MR) is 168 cm³/mol. The Hall–Kier alpha value is -5.48. The second-order valence-corrected chi connectivity index (χ2v) is 10.3. The van der Waals surface area contributed by atoms with Gasteiger partial charge in [-0.05, 0) is 51.7 Å². The summed E-state index contributed by atoms with van der Waals surface area (Å²) in [6.45, 7) is 0. The van der Waals surface area contributed by atoms with Crippen molar-refractivity contribution < 1.29 is 4.42 Å². The number of furan rings is 1. The van der Waals surface area contributed by atoms with E-state index in [1.165, 1.54) is 16.3 Å². The number of fused-ring (bicyclic) bond motifs is 4. The zero-order valence-corrected chi connectivity index (χ0v) is 22.2. The lowest BCUT2D eigenvalue weighted by Gasteiger charge is -2.22. The summed E-state index contributed by atoms with van der Waals surface area (Å²) in [5.41, 5.74) is 7.05. The molecule has 2 heterocycles. The van der Waals surface area contributed by atoms with E-state index in [4.69, 9.17) is 14.4 Å². The summed E-state index contributed by atoms with van der Waals surface area (Å²) < 4.78 is 6.35. The van der Waals surface area contributed by atoms with E-state index < -0.39 is 0 Å². The lowest BCUT2D eigenvalue weighted by Crippen LogP contribution is -2.36. The van der Waals surface area contributed by atoms with Gasteiger partial charge < -0.3 is 9.73 Å². The van der Waals surface area contributed by atoms with E-state index in [0.29, 0.717) is 0 Å². The smallest absolute Gasteiger partial charge is 0.169 e. The molecule has 0 spiro atoms. The van der Waals surface area contributed by atoms with E-state index in [9.17, 15) is 0 Å². The summed E-state index contributed by atoms with van der Waals surface area (Å²) in [4.78, 5) is 10.1. The van der Waals surface area contributed by atoms with Crippen molar-refractivity contribution >= 4 is 44.4 Å². The molecule has 8 rings (SSSR count). The van der Waals surface area contributed by atoms with E-state index >= 15 is 0 Å². The Kier molecular flexibility index (Phi) is 5.49. The van der Waals surface area contributed by atoms with E-state index in [0.717, 1.165) is 55.9 Å². The van der Waals surface area contributed by atoms with Gasteiger partial charge in [0.2, 0.25) is 0 Å². The molecule has 1 aliphatic heterocycles. The van der Waals surface area contributed by atoms with Gasteiger partial charge in [0.25, 0.3) is 0 Å². The molecule has 6 aromatic carbocycles. The average Bonchev–Trinajstić information content (AvgIpc) is 3.43. The topological polar surface area (TPSA) is 49.9 Å². The van der Waals surface area contributed by atoms with Crippen LogP contribution in [0.15, 0.2) is 154 Å². The maximum absolute atomic E-state index is 6.35. The Labute approximate surface area is 237 Å². The monoisotopic (exact) mass is 527 g/mol. The molecule has 0 aliphatic carbocycles. The van der Waals surface area contributed by atoms with Crippen LogP contribution < -0.4 is 5.32 Å². The predicted octanol–water partition coefficient (Wildman–Crippen LogP) is 8.90. The molecule has 1 aliphatic rings. The largest absolute Gasteiger partial charge is 0.456 e. The Balaban J connectivity index is 1.29. The van der Waals surface area contributed by atoms with E-state index in [1.54, 1.807) is 0 Å². The van der Waals surface area contributed by atoms with E-state index in [1.807, 2.05) is 48.5 Å². The highest BCUT2D eigenvalue weighted by atomic mass is 16.3. The molecule has 0 saturated heterocycles. The first kappa shape index (κ1) is 23.4. The number of nitrogens with zero attached hydrogens (tertiary/aromatic N) is 2. The highest BCUT2D eigenvalue weighted by Gasteiger charge is 2.23. The van der Waals surface area contributed by atoms with Crippen LogP contribution in [0.1, 0.15) is 22.9 Å². The first-order valence-electron chi connectivity index (χ1n) is 13.8. The van der Waals surface area contributed by atoms with Crippen LogP contribution in [0.4, 0.5) is 0 Å². The van der Waals surface area contributed by atoms with Crippen LogP contribution in [-0.4, -0.2) is 11.7 Å². The van der Waals surface area contributed by atoms with Crippen LogP contribution in [0.3, 0.4) is 0 Å². The highest BCUT2D eigenvalue weighted by molar-refractivity contribution is 6.23. The molecule has 1 atom stereocenters. The molecule has 1 unspecified atom stereocenters. The van der Waals surface area contributed by atoms with Crippen molar-refractivity contribution in [2.75, 3.05) is 0 Å². The minimum atomic E-state index is -0.357. The summed E-state index contributed by atoms with van der Waals surface area (Å²) >= 11 is 0. The van der Waals surface area contributed by atoms with Crippen molar-refractivity contribution in [1.82, 2.24) is 5.32 Å². The summed E-state index contributed by atoms with van der Waals surface area (Å²) in [6.07, 6.45) is -0.357. The van der Waals surface area contributed by atoms with Crippen LogP contribution in [-0.2, 0) is 0 Å². The summed E-state index contributed by atoms with van der Waals surface area (Å²) in [5, 5.41) is 8.12. The van der Waals surface area contributed by atoms with Gasteiger partial charge in [0, 0.05) is 21.9 Å². The van der Waals surface area contributed by atoms with Gasteiger partial charge in [0.05, 0.1) is 0 Å². The van der Waals surface area contributed by atoms with Crippen LogP contribution >= 0.6 is 0 Å². The number of rotatable bonds is 4. The number of aliphatic imine (C=N–C) groups is 2. The van der Waals surface area contributed by atoms with Crippen LogP contribution in [0.2, 0.25) is 0 Å². The maximum atomic E-state index is 6.35. The number of hydrogen-bond donors (Lipinski definition) is 1. The van der Waals surface area contributed by atoms with Gasteiger partial charge in [-0.15, -0.1) is 0 Å². The zero-order valence-electron chi connectivity index (χ0n) is 22.2. The Morgan fingerprint density at radius 3 is 2.07 bits per heavy atom. The number of hydrogen-bond acceptors (Lipinski definition) is 4. The average molecular weight is 528 g/mol. The van der Waals surface area contributed by atoms with Gasteiger partial charge in [-0.2, -0.15) is 0 Å². The van der Waals surface area contributed by atoms with Gasteiger partial charge in [-0.1, -0.05) is 115 Å². The van der Waals surface area contributed by atoms with Crippen molar-refractivity contribution in [2.45, 2.75) is 6.17 Å². The summed E-state index contributed by atoms with van der Waals surface area (Å²) in [7, 11) is 0. The third kappa shape index (κ3) is 4.17. The third-order valence-electron chi connectivity index (χ3n) is 7.72. The zero-order chi connectivity index (χ0) is 27.2. The molecule has 0 bridgehead atoms. The van der Waals surface area contributed by atoms with Gasteiger partial charge in [0.1, 0.15) is 22.8 Å². The third-order valence-corrected chi connectivity index (χ3v) is 7.72. The molecule has 0 saturated carbocycles. The normalized spacial score (nSPS) is 15.1. The molecular formula is C37H25N3O. The first-order valence-corrected chi connectivity index (χ1v) is 13.8. The molecule has 7 aromatic rings. The fraction of sp³-hybridized carbons (Fsp3) is 0.0270. The lowest BCUT2D eigenvalue weighted by atomic mass is 9.98. The SMILES string of the molecule is c1ccc(C2=NC(c3ccccc3)N=C(c3cccc4oc5ccc(-c6ccc7ccccc7c6)cc5c34)N2)cc1. The molecule has 0 fully saturated rings. The Morgan fingerprint density at radius 1 is 0.512 bits per heavy atom. The summed E-state index contributed by atoms with van der Waals surface area (Å²) in [5.74, 6) is 1.57. The molecule has 0 radical (unpaired) electrons. The Morgan fingerprint density at radius 2 is 1.22 bits per heavy atom. The molecule has 0 amide bonds. The Bertz CT molecular complexity index is 2120. The lowest BCUT2D eigenvalue weighted by molar-refractivity contribution is 0.669.